The van der Waals surface area contributed by atoms with Crippen molar-refractivity contribution in [3.05, 3.63) is 34.9 Å². The molecule has 2 rings (SSSR count). The van der Waals surface area contributed by atoms with Gasteiger partial charge in [-0.15, -0.1) is 0 Å². The van der Waals surface area contributed by atoms with Gasteiger partial charge in [-0.3, -0.25) is 0 Å². The SMILES string of the molecule is COCC1CCN(c2ccc(/C=C/C(=O)O)cc2Cl)CC1. The molecular weight excluding hydrogens is 290 g/mol. The van der Waals surface area contributed by atoms with E-state index in [0.717, 1.165) is 49.9 Å². The molecule has 0 atom stereocenters. The number of benzene rings is 1. The third-order valence-corrected chi connectivity index (χ3v) is 4.05. The van der Waals surface area contributed by atoms with E-state index >= 15 is 0 Å². The summed E-state index contributed by atoms with van der Waals surface area (Å²) in [5, 5.41) is 9.29. The number of carboxylic acid groups (broad SMARTS) is 1. The number of ether oxygens (including phenoxy) is 1. The van der Waals surface area contributed by atoms with Crippen molar-refractivity contribution < 1.29 is 14.6 Å². The maximum Gasteiger partial charge on any atom is 0.328 e. The van der Waals surface area contributed by atoms with E-state index < -0.39 is 5.97 Å². The number of carboxylic acids is 1. The van der Waals surface area contributed by atoms with Crippen molar-refractivity contribution in [3.63, 3.8) is 0 Å². The zero-order chi connectivity index (χ0) is 15.2. The van der Waals surface area contributed by atoms with Crippen LogP contribution in [0.2, 0.25) is 5.02 Å². The average Bonchev–Trinajstić information content (AvgIpc) is 2.47. The number of methoxy groups -OCH3 is 1. The second-order valence-corrected chi connectivity index (χ2v) is 5.68. The summed E-state index contributed by atoms with van der Waals surface area (Å²) in [7, 11) is 1.74. The standard InChI is InChI=1S/C16H20ClNO3/c1-21-11-13-6-8-18(9-7-13)15-4-2-12(10-14(15)17)3-5-16(19)20/h2-5,10,13H,6-9,11H2,1H3,(H,19,20)/b5-3+. The molecule has 0 saturated carbocycles. The Morgan fingerprint density at radius 1 is 1.48 bits per heavy atom. The monoisotopic (exact) mass is 309 g/mol. The highest BCUT2D eigenvalue weighted by molar-refractivity contribution is 6.33. The van der Waals surface area contributed by atoms with E-state index in [4.69, 9.17) is 21.4 Å². The third-order valence-electron chi connectivity index (χ3n) is 3.75. The van der Waals surface area contributed by atoms with Crippen LogP contribution < -0.4 is 4.90 Å². The van der Waals surface area contributed by atoms with Crippen LogP contribution in [-0.4, -0.2) is 37.9 Å². The van der Waals surface area contributed by atoms with Gasteiger partial charge in [-0.25, -0.2) is 4.79 Å². The maximum absolute atomic E-state index is 10.5. The lowest BCUT2D eigenvalue weighted by Crippen LogP contribution is -2.35. The minimum atomic E-state index is -0.963. The molecule has 1 aliphatic rings. The van der Waals surface area contributed by atoms with Gasteiger partial charge in [0.25, 0.3) is 0 Å². The van der Waals surface area contributed by atoms with Crippen LogP contribution in [0.15, 0.2) is 24.3 Å². The molecule has 21 heavy (non-hydrogen) atoms. The van der Waals surface area contributed by atoms with E-state index in [0.29, 0.717) is 10.9 Å². The van der Waals surface area contributed by atoms with Crippen molar-refractivity contribution >= 4 is 29.3 Å². The van der Waals surface area contributed by atoms with Crippen molar-refractivity contribution in [3.8, 4) is 0 Å². The van der Waals surface area contributed by atoms with Crippen molar-refractivity contribution in [2.75, 3.05) is 31.7 Å². The molecule has 1 fully saturated rings. The maximum atomic E-state index is 10.5. The average molecular weight is 310 g/mol. The van der Waals surface area contributed by atoms with Crippen LogP contribution in [0.3, 0.4) is 0 Å². The Balaban J connectivity index is 2.03. The normalized spacial score (nSPS) is 16.6. The minimum Gasteiger partial charge on any atom is -0.478 e. The summed E-state index contributed by atoms with van der Waals surface area (Å²) in [6.45, 7) is 2.76. The lowest BCUT2D eigenvalue weighted by Gasteiger charge is -2.33. The Kier molecular flexibility index (Phi) is 5.65. The largest absolute Gasteiger partial charge is 0.478 e. The van der Waals surface area contributed by atoms with Crippen LogP contribution in [0, 0.1) is 5.92 Å². The highest BCUT2D eigenvalue weighted by Crippen LogP contribution is 2.30. The van der Waals surface area contributed by atoms with E-state index in [9.17, 15) is 4.79 Å². The first-order chi connectivity index (χ1) is 10.1. The van der Waals surface area contributed by atoms with Gasteiger partial charge < -0.3 is 14.7 Å². The number of nitrogens with zero attached hydrogens (tertiary/aromatic N) is 1. The first-order valence-corrected chi connectivity index (χ1v) is 7.42. The second kappa shape index (κ2) is 7.48. The summed E-state index contributed by atoms with van der Waals surface area (Å²) in [6.07, 6.45) is 4.86. The van der Waals surface area contributed by atoms with Gasteiger partial charge in [0.05, 0.1) is 10.7 Å². The van der Waals surface area contributed by atoms with Crippen molar-refractivity contribution in [2.24, 2.45) is 5.92 Å². The molecule has 0 aromatic heterocycles. The Hall–Kier alpha value is -1.52. The predicted octanol–water partition coefficient (Wildman–Crippen LogP) is 3.30. The van der Waals surface area contributed by atoms with Crippen LogP contribution in [0.1, 0.15) is 18.4 Å². The lowest BCUT2D eigenvalue weighted by molar-refractivity contribution is -0.131. The Morgan fingerprint density at radius 2 is 2.19 bits per heavy atom. The molecule has 4 nitrogen and oxygen atoms in total. The molecule has 1 saturated heterocycles. The molecule has 0 unspecified atom stereocenters. The van der Waals surface area contributed by atoms with Crippen LogP contribution in [0.5, 0.6) is 0 Å². The zero-order valence-corrected chi connectivity index (χ0v) is 12.8. The van der Waals surface area contributed by atoms with Crippen LogP contribution in [-0.2, 0) is 9.53 Å². The van der Waals surface area contributed by atoms with Gasteiger partial charge in [-0.05, 0) is 42.5 Å². The number of aliphatic carboxylic acids is 1. The predicted molar refractivity (Wildman–Crippen MR) is 84.9 cm³/mol. The molecule has 0 amide bonds. The van der Waals surface area contributed by atoms with E-state index in [1.165, 1.54) is 0 Å². The van der Waals surface area contributed by atoms with Crippen LogP contribution in [0.25, 0.3) is 6.08 Å². The Labute approximate surface area is 130 Å². The van der Waals surface area contributed by atoms with E-state index in [2.05, 4.69) is 4.90 Å². The van der Waals surface area contributed by atoms with Gasteiger partial charge in [0.1, 0.15) is 0 Å². The number of hydrogen-bond acceptors (Lipinski definition) is 3. The molecule has 0 radical (unpaired) electrons. The number of anilines is 1. The van der Waals surface area contributed by atoms with Crippen molar-refractivity contribution in [1.82, 2.24) is 0 Å². The highest BCUT2D eigenvalue weighted by atomic mass is 35.5. The molecule has 1 aliphatic heterocycles. The number of piperidine rings is 1. The summed E-state index contributed by atoms with van der Waals surface area (Å²) in [5.41, 5.74) is 1.81. The van der Waals surface area contributed by atoms with Gasteiger partial charge in [0.2, 0.25) is 0 Å². The van der Waals surface area contributed by atoms with Crippen molar-refractivity contribution in [1.29, 1.82) is 0 Å². The van der Waals surface area contributed by atoms with Gasteiger partial charge in [-0.2, -0.15) is 0 Å². The second-order valence-electron chi connectivity index (χ2n) is 5.27. The summed E-state index contributed by atoms with van der Waals surface area (Å²) < 4.78 is 5.21. The first-order valence-electron chi connectivity index (χ1n) is 7.04. The number of rotatable bonds is 5. The lowest BCUT2D eigenvalue weighted by atomic mass is 9.97. The molecule has 1 aromatic rings. The summed E-state index contributed by atoms with van der Waals surface area (Å²) >= 11 is 6.33. The fourth-order valence-electron chi connectivity index (χ4n) is 2.63. The number of halogens is 1. The van der Waals surface area contributed by atoms with Gasteiger partial charge >= 0.3 is 5.97 Å². The molecule has 1 aromatic carbocycles. The quantitative estimate of drug-likeness (QED) is 0.848. The number of hydrogen-bond donors (Lipinski definition) is 1. The zero-order valence-electron chi connectivity index (χ0n) is 12.1. The number of carbonyl (C=O) groups is 1. The molecule has 5 heteroatoms. The van der Waals surface area contributed by atoms with Gasteiger partial charge in [0, 0.05) is 32.9 Å². The molecule has 114 valence electrons. The Bertz CT molecular complexity index is 522. The molecular formula is C16H20ClNO3. The summed E-state index contributed by atoms with van der Waals surface area (Å²) in [6, 6.07) is 5.65. The van der Waals surface area contributed by atoms with Crippen LogP contribution in [0.4, 0.5) is 5.69 Å². The first kappa shape index (κ1) is 15.9. The van der Waals surface area contributed by atoms with Crippen LogP contribution >= 0.6 is 11.6 Å². The van der Waals surface area contributed by atoms with E-state index in [-0.39, 0.29) is 0 Å². The molecule has 0 spiro atoms. The van der Waals surface area contributed by atoms with E-state index in [1.807, 2.05) is 12.1 Å². The molecule has 0 bridgehead atoms. The fourth-order valence-corrected chi connectivity index (χ4v) is 2.94. The third kappa shape index (κ3) is 4.48. The topological polar surface area (TPSA) is 49.8 Å². The Morgan fingerprint density at radius 3 is 2.76 bits per heavy atom. The summed E-state index contributed by atoms with van der Waals surface area (Å²) in [4.78, 5) is 12.8. The molecule has 1 heterocycles. The van der Waals surface area contributed by atoms with Crippen molar-refractivity contribution in [2.45, 2.75) is 12.8 Å². The smallest absolute Gasteiger partial charge is 0.328 e. The summed E-state index contributed by atoms with van der Waals surface area (Å²) in [5.74, 6) is -0.335. The highest BCUT2D eigenvalue weighted by Gasteiger charge is 2.20. The van der Waals surface area contributed by atoms with Gasteiger partial charge in [0.15, 0.2) is 0 Å². The molecule has 0 aliphatic carbocycles. The molecule has 1 N–H and O–H groups in total. The van der Waals surface area contributed by atoms with Gasteiger partial charge in [-0.1, -0.05) is 17.7 Å². The minimum absolute atomic E-state index is 0.628. The van der Waals surface area contributed by atoms with E-state index in [1.54, 1.807) is 19.3 Å². The fraction of sp³-hybridized carbons (Fsp3) is 0.438.